The Balaban J connectivity index is 1.71. The Kier molecular flexibility index (Phi) is 5.34. The Bertz CT molecular complexity index is 508. The van der Waals surface area contributed by atoms with Gasteiger partial charge in [-0.3, -0.25) is 0 Å². The molecule has 0 heterocycles. The highest BCUT2D eigenvalue weighted by atomic mass is 32.2. The molecule has 0 aliphatic rings. The predicted octanol–water partition coefficient (Wildman–Crippen LogP) is 4.69. The van der Waals surface area contributed by atoms with Gasteiger partial charge in [0.15, 0.2) is 0 Å². The van der Waals surface area contributed by atoms with Gasteiger partial charge in [0.25, 0.3) is 0 Å². The molecule has 0 saturated heterocycles. The summed E-state index contributed by atoms with van der Waals surface area (Å²) in [6, 6.07) is 16.8. The van der Waals surface area contributed by atoms with E-state index < -0.39 is 0 Å². The molecule has 0 unspecified atom stereocenters. The molecule has 0 atom stereocenters. The van der Waals surface area contributed by atoms with Crippen LogP contribution in [0.25, 0.3) is 0 Å². The summed E-state index contributed by atoms with van der Waals surface area (Å²) >= 11 is 1.92. The Morgan fingerprint density at radius 1 is 1.00 bits per heavy atom. The van der Waals surface area contributed by atoms with E-state index in [1.54, 1.807) is 0 Å². The minimum Gasteiger partial charge on any atom is -0.399 e. The van der Waals surface area contributed by atoms with Crippen LogP contribution < -0.4 is 5.73 Å². The van der Waals surface area contributed by atoms with E-state index in [2.05, 4.69) is 49.4 Å². The second-order valence-electron chi connectivity index (χ2n) is 4.82. The molecule has 0 bridgehead atoms. The van der Waals surface area contributed by atoms with Crippen molar-refractivity contribution in [2.75, 3.05) is 11.5 Å². The minimum absolute atomic E-state index is 0.859. The van der Waals surface area contributed by atoms with Crippen LogP contribution in [0.3, 0.4) is 0 Å². The number of anilines is 1. The third-order valence-electron chi connectivity index (χ3n) is 3.17. The number of hydrogen-bond donors (Lipinski definition) is 1. The van der Waals surface area contributed by atoms with Gasteiger partial charge in [-0.2, -0.15) is 0 Å². The third-order valence-corrected chi connectivity index (χ3v) is 4.42. The number of aryl methyl sites for hydroxylation is 2. The highest BCUT2D eigenvalue weighted by Crippen LogP contribution is 2.25. The van der Waals surface area contributed by atoms with Gasteiger partial charge < -0.3 is 5.73 Å². The number of benzene rings is 2. The molecule has 0 aliphatic carbocycles. The Morgan fingerprint density at radius 2 is 1.79 bits per heavy atom. The molecule has 0 fully saturated rings. The normalized spacial score (nSPS) is 10.6. The Hall–Kier alpha value is -1.41. The maximum atomic E-state index is 5.82. The molecular formula is C17H21NS. The second-order valence-corrected chi connectivity index (χ2v) is 5.95. The predicted molar refractivity (Wildman–Crippen MR) is 85.7 cm³/mol. The zero-order chi connectivity index (χ0) is 13.5. The molecule has 2 rings (SSSR count). The van der Waals surface area contributed by atoms with Crippen LogP contribution in [0.1, 0.15) is 24.0 Å². The maximum Gasteiger partial charge on any atom is 0.0325 e. The van der Waals surface area contributed by atoms with Gasteiger partial charge in [0.2, 0.25) is 0 Å². The number of rotatable bonds is 6. The summed E-state index contributed by atoms with van der Waals surface area (Å²) in [6.45, 7) is 2.14. The second kappa shape index (κ2) is 7.25. The SMILES string of the molecule is Cc1ccc(N)cc1SCCCCc1ccccc1. The van der Waals surface area contributed by atoms with Crippen LogP contribution in [0.2, 0.25) is 0 Å². The van der Waals surface area contributed by atoms with Crippen molar-refractivity contribution in [1.29, 1.82) is 0 Å². The number of nitrogen functional groups attached to an aromatic ring is 1. The standard InChI is InChI=1S/C17H21NS/c1-14-10-11-16(18)13-17(14)19-12-6-5-9-15-7-3-2-4-8-15/h2-4,7-8,10-11,13H,5-6,9,12,18H2,1H3. The summed E-state index contributed by atoms with van der Waals surface area (Å²) < 4.78 is 0. The first-order valence-corrected chi connectivity index (χ1v) is 7.77. The van der Waals surface area contributed by atoms with E-state index in [4.69, 9.17) is 5.73 Å². The molecule has 2 aromatic rings. The topological polar surface area (TPSA) is 26.0 Å². The van der Waals surface area contributed by atoms with Crippen molar-refractivity contribution in [1.82, 2.24) is 0 Å². The molecule has 2 N–H and O–H groups in total. The van der Waals surface area contributed by atoms with Crippen LogP contribution >= 0.6 is 11.8 Å². The van der Waals surface area contributed by atoms with Gasteiger partial charge in [0.05, 0.1) is 0 Å². The molecule has 0 amide bonds. The molecule has 0 spiro atoms. The quantitative estimate of drug-likeness (QED) is 0.468. The van der Waals surface area contributed by atoms with Gasteiger partial charge in [0.1, 0.15) is 0 Å². The van der Waals surface area contributed by atoms with Crippen molar-refractivity contribution >= 4 is 17.4 Å². The minimum atomic E-state index is 0.859. The molecule has 0 radical (unpaired) electrons. The highest BCUT2D eigenvalue weighted by molar-refractivity contribution is 7.99. The zero-order valence-electron chi connectivity index (χ0n) is 11.4. The van der Waals surface area contributed by atoms with Gasteiger partial charge in [-0.1, -0.05) is 36.4 Å². The van der Waals surface area contributed by atoms with E-state index in [0.29, 0.717) is 0 Å². The Labute approximate surface area is 120 Å². The lowest BCUT2D eigenvalue weighted by Crippen LogP contribution is -1.90. The summed E-state index contributed by atoms with van der Waals surface area (Å²) in [5, 5.41) is 0. The number of thioether (sulfide) groups is 1. The lowest BCUT2D eigenvalue weighted by molar-refractivity contribution is 0.802. The van der Waals surface area contributed by atoms with Crippen LogP contribution in [0.4, 0.5) is 5.69 Å². The van der Waals surface area contributed by atoms with E-state index in [9.17, 15) is 0 Å². The van der Waals surface area contributed by atoms with Crippen molar-refractivity contribution < 1.29 is 0 Å². The summed E-state index contributed by atoms with van der Waals surface area (Å²) in [5.74, 6) is 1.16. The molecular weight excluding hydrogens is 250 g/mol. The van der Waals surface area contributed by atoms with E-state index in [-0.39, 0.29) is 0 Å². The molecule has 100 valence electrons. The van der Waals surface area contributed by atoms with Crippen molar-refractivity contribution in [2.24, 2.45) is 0 Å². The van der Waals surface area contributed by atoms with Gasteiger partial charge in [-0.05, 0) is 55.2 Å². The lowest BCUT2D eigenvalue weighted by atomic mass is 10.1. The van der Waals surface area contributed by atoms with Crippen molar-refractivity contribution in [3.8, 4) is 0 Å². The van der Waals surface area contributed by atoms with Gasteiger partial charge in [0, 0.05) is 10.6 Å². The molecule has 19 heavy (non-hydrogen) atoms. The fourth-order valence-electron chi connectivity index (χ4n) is 2.03. The monoisotopic (exact) mass is 271 g/mol. The van der Waals surface area contributed by atoms with Crippen molar-refractivity contribution in [3.05, 3.63) is 59.7 Å². The van der Waals surface area contributed by atoms with E-state index in [1.807, 2.05) is 17.8 Å². The van der Waals surface area contributed by atoms with Crippen LogP contribution in [0.15, 0.2) is 53.4 Å². The molecule has 1 nitrogen and oxygen atoms in total. The van der Waals surface area contributed by atoms with Gasteiger partial charge in [-0.25, -0.2) is 0 Å². The van der Waals surface area contributed by atoms with E-state index in [0.717, 1.165) is 11.4 Å². The fourth-order valence-corrected chi connectivity index (χ4v) is 3.11. The average molecular weight is 271 g/mol. The van der Waals surface area contributed by atoms with E-state index in [1.165, 1.54) is 35.3 Å². The van der Waals surface area contributed by atoms with E-state index >= 15 is 0 Å². The molecule has 0 saturated carbocycles. The van der Waals surface area contributed by atoms with Crippen LogP contribution in [0, 0.1) is 6.92 Å². The van der Waals surface area contributed by atoms with Gasteiger partial charge >= 0.3 is 0 Å². The highest BCUT2D eigenvalue weighted by Gasteiger charge is 2.00. The van der Waals surface area contributed by atoms with Crippen molar-refractivity contribution in [2.45, 2.75) is 31.1 Å². The number of hydrogen-bond acceptors (Lipinski definition) is 2. The summed E-state index contributed by atoms with van der Waals surface area (Å²) in [5.41, 5.74) is 9.44. The smallest absolute Gasteiger partial charge is 0.0325 e. The fraction of sp³-hybridized carbons (Fsp3) is 0.294. The zero-order valence-corrected chi connectivity index (χ0v) is 12.2. The van der Waals surface area contributed by atoms with Gasteiger partial charge in [-0.15, -0.1) is 11.8 Å². The summed E-state index contributed by atoms with van der Waals surface area (Å²) in [4.78, 5) is 1.32. The average Bonchev–Trinajstić information content (AvgIpc) is 2.43. The first kappa shape index (κ1) is 14.0. The van der Waals surface area contributed by atoms with Crippen LogP contribution in [-0.4, -0.2) is 5.75 Å². The largest absolute Gasteiger partial charge is 0.399 e. The Morgan fingerprint density at radius 3 is 2.58 bits per heavy atom. The lowest BCUT2D eigenvalue weighted by Gasteiger charge is -2.06. The molecule has 0 aromatic heterocycles. The van der Waals surface area contributed by atoms with Crippen LogP contribution in [-0.2, 0) is 6.42 Å². The summed E-state index contributed by atoms with van der Waals surface area (Å²) in [6.07, 6.45) is 3.67. The summed E-state index contributed by atoms with van der Waals surface area (Å²) in [7, 11) is 0. The number of nitrogens with two attached hydrogens (primary N) is 1. The number of unbranched alkanes of at least 4 members (excludes halogenated alkanes) is 1. The van der Waals surface area contributed by atoms with Crippen LogP contribution in [0.5, 0.6) is 0 Å². The maximum absolute atomic E-state index is 5.82. The van der Waals surface area contributed by atoms with Crippen molar-refractivity contribution in [3.63, 3.8) is 0 Å². The first-order chi connectivity index (χ1) is 9.25. The molecule has 2 heteroatoms. The molecule has 2 aromatic carbocycles. The molecule has 0 aliphatic heterocycles. The first-order valence-electron chi connectivity index (χ1n) is 6.78. The third kappa shape index (κ3) is 4.64.